The van der Waals surface area contributed by atoms with Gasteiger partial charge >= 0.3 is 0 Å². The second kappa shape index (κ2) is 6.42. The van der Waals surface area contributed by atoms with Gasteiger partial charge in [0.25, 0.3) is 0 Å². The lowest BCUT2D eigenvalue weighted by molar-refractivity contribution is -0.121. The van der Waals surface area contributed by atoms with E-state index in [1.165, 1.54) is 4.88 Å². The summed E-state index contributed by atoms with van der Waals surface area (Å²) in [5, 5.41) is 7.16. The molecule has 1 amide bonds. The van der Waals surface area contributed by atoms with E-state index in [1.807, 2.05) is 13.8 Å². The fraction of sp³-hybridized carbons (Fsp3) is 0.733. The molecule has 2 saturated heterocycles. The minimum atomic E-state index is 0.0256. The van der Waals surface area contributed by atoms with Crippen molar-refractivity contribution in [3.8, 4) is 0 Å². The molecule has 2 aliphatic rings. The molecule has 1 unspecified atom stereocenters. The number of hydrogen-bond donors (Lipinski definition) is 2. The summed E-state index contributed by atoms with van der Waals surface area (Å²) in [5.41, 5.74) is 1.01. The van der Waals surface area contributed by atoms with Crippen LogP contribution in [0.2, 0.25) is 0 Å². The summed E-state index contributed by atoms with van der Waals surface area (Å²) in [7, 11) is 0. The highest BCUT2D eigenvalue weighted by molar-refractivity contribution is 7.15. The molecule has 3 heterocycles. The van der Waals surface area contributed by atoms with E-state index in [-0.39, 0.29) is 11.9 Å². The number of aromatic nitrogens is 1. The molecule has 2 N–H and O–H groups in total. The number of carbonyl (C=O) groups is 1. The Morgan fingerprint density at radius 1 is 1.33 bits per heavy atom. The van der Waals surface area contributed by atoms with Gasteiger partial charge in [-0.15, -0.1) is 11.3 Å². The van der Waals surface area contributed by atoms with E-state index in [2.05, 4.69) is 20.5 Å². The Labute approximate surface area is 130 Å². The Balaban J connectivity index is 1.65. The van der Waals surface area contributed by atoms with Crippen LogP contribution in [0.5, 0.6) is 0 Å². The molecule has 6 heteroatoms. The third-order valence-corrected chi connectivity index (χ3v) is 5.62. The first-order chi connectivity index (χ1) is 10.1. The largest absolute Gasteiger partial charge is 0.317 e. The molecular weight excluding hydrogens is 284 g/mol. The van der Waals surface area contributed by atoms with Crippen LogP contribution in [0.1, 0.15) is 36.3 Å². The van der Waals surface area contributed by atoms with Gasteiger partial charge in [-0.2, -0.15) is 0 Å². The molecule has 0 aromatic carbocycles. The molecule has 2 aliphatic heterocycles. The fourth-order valence-electron chi connectivity index (χ4n) is 3.36. The predicted molar refractivity (Wildman–Crippen MR) is 85.8 cm³/mol. The third kappa shape index (κ3) is 3.27. The van der Waals surface area contributed by atoms with Crippen molar-refractivity contribution in [3.05, 3.63) is 10.6 Å². The maximum absolute atomic E-state index is 12.6. The van der Waals surface area contributed by atoms with Gasteiger partial charge in [-0.1, -0.05) is 0 Å². The molecule has 0 saturated carbocycles. The SMILES string of the molecule is Cc1nc(NC(=O)C2CCCN2C2CCNCC2)sc1C. The van der Waals surface area contributed by atoms with Crippen LogP contribution in [-0.2, 0) is 4.79 Å². The van der Waals surface area contributed by atoms with E-state index in [0.717, 1.165) is 56.1 Å². The van der Waals surface area contributed by atoms with Gasteiger partial charge < -0.3 is 10.6 Å². The Bertz CT molecular complexity index is 490. The lowest BCUT2D eigenvalue weighted by Gasteiger charge is -2.35. The van der Waals surface area contributed by atoms with Crippen molar-refractivity contribution in [3.63, 3.8) is 0 Å². The van der Waals surface area contributed by atoms with E-state index in [0.29, 0.717) is 6.04 Å². The first-order valence-corrected chi connectivity index (χ1v) is 8.68. The van der Waals surface area contributed by atoms with Crippen LogP contribution < -0.4 is 10.6 Å². The first-order valence-electron chi connectivity index (χ1n) is 7.86. The van der Waals surface area contributed by atoms with Gasteiger partial charge in [0.05, 0.1) is 11.7 Å². The minimum absolute atomic E-state index is 0.0256. The molecule has 1 atom stereocenters. The number of carbonyl (C=O) groups excluding carboxylic acids is 1. The normalized spacial score (nSPS) is 24.4. The number of anilines is 1. The van der Waals surface area contributed by atoms with Gasteiger partial charge in [0, 0.05) is 10.9 Å². The number of piperidine rings is 1. The smallest absolute Gasteiger partial charge is 0.243 e. The van der Waals surface area contributed by atoms with E-state index < -0.39 is 0 Å². The highest BCUT2D eigenvalue weighted by Crippen LogP contribution is 2.27. The van der Waals surface area contributed by atoms with Crippen LogP contribution in [0.3, 0.4) is 0 Å². The lowest BCUT2D eigenvalue weighted by atomic mass is 10.0. The zero-order chi connectivity index (χ0) is 14.8. The number of rotatable bonds is 3. The topological polar surface area (TPSA) is 57.3 Å². The molecule has 0 radical (unpaired) electrons. The van der Waals surface area contributed by atoms with Crippen LogP contribution >= 0.6 is 11.3 Å². The van der Waals surface area contributed by atoms with Crippen molar-refractivity contribution in [2.45, 2.75) is 51.6 Å². The lowest BCUT2D eigenvalue weighted by Crippen LogP contribution is -2.49. The summed E-state index contributed by atoms with van der Waals surface area (Å²) in [4.78, 5) is 20.6. The number of aryl methyl sites for hydroxylation is 2. The molecule has 3 rings (SSSR count). The number of likely N-dealkylation sites (tertiary alicyclic amines) is 1. The number of thiazole rings is 1. The Kier molecular flexibility index (Phi) is 4.57. The average Bonchev–Trinajstić information content (AvgIpc) is 3.07. The monoisotopic (exact) mass is 308 g/mol. The zero-order valence-corrected chi connectivity index (χ0v) is 13.6. The molecular formula is C15H24N4OS. The van der Waals surface area contributed by atoms with Crippen molar-refractivity contribution >= 4 is 22.4 Å². The molecule has 1 aromatic heterocycles. The molecule has 116 valence electrons. The predicted octanol–water partition coefficient (Wildman–Crippen LogP) is 1.91. The van der Waals surface area contributed by atoms with Gasteiger partial charge in [0.1, 0.15) is 0 Å². The number of hydrogen-bond acceptors (Lipinski definition) is 5. The quantitative estimate of drug-likeness (QED) is 0.896. The third-order valence-electron chi connectivity index (χ3n) is 4.63. The van der Waals surface area contributed by atoms with E-state index in [1.54, 1.807) is 11.3 Å². The van der Waals surface area contributed by atoms with Crippen molar-refractivity contribution in [2.75, 3.05) is 25.0 Å². The van der Waals surface area contributed by atoms with Crippen LogP contribution in [-0.4, -0.2) is 47.5 Å². The van der Waals surface area contributed by atoms with Gasteiger partial charge in [-0.25, -0.2) is 4.98 Å². The molecule has 0 aliphatic carbocycles. The summed E-state index contributed by atoms with van der Waals surface area (Å²) in [6, 6.07) is 0.585. The van der Waals surface area contributed by atoms with Gasteiger partial charge in [0.15, 0.2) is 5.13 Å². The van der Waals surface area contributed by atoms with Gasteiger partial charge in [0.2, 0.25) is 5.91 Å². The van der Waals surface area contributed by atoms with Gasteiger partial charge in [-0.3, -0.25) is 9.69 Å². The van der Waals surface area contributed by atoms with Crippen molar-refractivity contribution in [2.24, 2.45) is 0 Å². The molecule has 21 heavy (non-hydrogen) atoms. The maximum atomic E-state index is 12.6. The fourth-order valence-corrected chi connectivity index (χ4v) is 4.18. The minimum Gasteiger partial charge on any atom is -0.317 e. The standard InChI is InChI=1S/C15H24N4OS/c1-10-11(2)21-15(17-10)18-14(20)13-4-3-9-19(13)12-5-7-16-8-6-12/h12-13,16H,3-9H2,1-2H3,(H,17,18,20). The number of nitrogens with one attached hydrogen (secondary N) is 2. The zero-order valence-electron chi connectivity index (χ0n) is 12.8. The molecule has 0 bridgehead atoms. The number of nitrogens with zero attached hydrogens (tertiary/aromatic N) is 2. The van der Waals surface area contributed by atoms with Crippen LogP contribution in [0, 0.1) is 13.8 Å². The van der Waals surface area contributed by atoms with Crippen LogP contribution in [0.25, 0.3) is 0 Å². The summed E-state index contributed by atoms with van der Waals surface area (Å²) in [5.74, 6) is 0.125. The van der Waals surface area contributed by atoms with Gasteiger partial charge in [-0.05, 0) is 59.2 Å². The van der Waals surface area contributed by atoms with E-state index >= 15 is 0 Å². The molecule has 0 spiro atoms. The summed E-state index contributed by atoms with van der Waals surface area (Å²) in [6.07, 6.45) is 4.40. The molecule has 1 aromatic rings. The van der Waals surface area contributed by atoms with Crippen LogP contribution in [0.4, 0.5) is 5.13 Å². The maximum Gasteiger partial charge on any atom is 0.243 e. The highest BCUT2D eigenvalue weighted by Gasteiger charge is 2.35. The van der Waals surface area contributed by atoms with E-state index in [9.17, 15) is 4.79 Å². The highest BCUT2D eigenvalue weighted by atomic mass is 32.1. The first kappa shape index (κ1) is 14.9. The summed E-state index contributed by atoms with van der Waals surface area (Å²) in [6.45, 7) is 7.22. The van der Waals surface area contributed by atoms with Crippen molar-refractivity contribution in [1.29, 1.82) is 0 Å². The molecule has 2 fully saturated rings. The average molecular weight is 308 g/mol. The van der Waals surface area contributed by atoms with Crippen LogP contribution in [0.15, 0.2) is 0 Å². The molecule has 5 nitrogen and oxygen atoms in total. The Morgan fingerprint density at radius 3 is 2.76 bits per heavy atom. The number of amides is 1. The second-order valence-electron chi connectivity index (χ2n) is 6.03. The van der Waals surface area contributed by atoms with E-state index in [4.69, 9.17) is 0 Å². The van der Waals surface area contributed by atoms with Crippen molar-refractivity contribution < 1.29 is 4.79 Å². The Hall–Kier alpha value is -0.980. The van der Waals surface area contributed by atoms with Crippen molar-refractivity contribution in [1.82, 2.24) is 15.2 Å². The summed E-state index contributed by atoms with van der Waals surface area (Å²) >= 11 is 1.57. The Morgan fingerprint density at radius 2 is 2.10 bits per heavy atom. The summed E-state index contributed by atoms with van der Waals surface area (Å²) < 4.78 is 0. The second-order valence-corrected chi connectivity index (χ2v) is 7.23.